The molecule has 6 heteroatoms. The number of para-hydroxylation sites is 1. The highest BCUT2D eigenvalue weighted by Gasteiger charge is 2.16. The van der Waals surface area contributed by atoms with Crippen LogP contribution in [0.3, 0.4) is 0 Å². The van der Waals surface area contributed by atoms with E-state index < -0.39 is 0 Å². The van der Waals surface area contributed by atoms with Crippen molar-refractivity contribution in [3.8, 4) is 5.75 Å². The van der Waals surface area contributed by atoms with Gasteiger partial charge in [0.15, 0.2) is 0 Å². The number of carbonyl (C=O) groups is 2. The van der Waals surface area contributed by atoms with Crippen LogP contribution in [-0.4, -0.2) is 43.7 Å². The lowest BCUT2D eigenvalue weighted by Crippen LogP contribution is -2.35. The molecule has 0 atom stereocenters. The molecule has 0 bridgehead atoms. The molecule has 2 aromatic carbocycles. The van der Waals surface area contributed by atoms with Gasteiger partial charge >= 0.3 is 0 Å². The summed E-state index contributed by atoms with van der Waals surface area (Å²) in [6, 6.07) is 14.4. The van der Waals surface area contributed by atoms with E-state index in [0.717, 1.165) is 10.6 Å². The van der Waals surface area contributed by atoms with Crippen molar-refractivity contribution in [2.45, 2.75) is 4.90 Å². The number of ether oxygens (including phenoxy) is 1. The molecule has 0 unspecified atom stereocenters. The number of nitrogens with one attached hydrogen (secondary N) is 1. The summed E-state index contributed by atoms with van der Waals surface area (Å²) in [5.41, 5.74) is 1.23. The molecule has 0 aliphatic rings. The van der Waals surface area contributed by atoms with Gasteiger partial charge in [-0.05, 0) is 36.6 Å². The fourth-order valence-corrected chi connectivity index (χ4v) is 2.75. The number of amides is 2. The Balaban J connectivity index is 2.01. The first-order valence-electron chi connectivity index (χ1n) is 7.37. The number of rotatable bonds is 6. The van der Waals surface area contributed by atoms with Gasteiger partial charge in [-0.2, -0.15) is 0 Å². The second kappa shape index (κ2) is 8.40. The van der Waals surface area contributed by atoms with Gasteiger partial charge < -0.3 is 15.0 Å². The van der Waals surface area contributed by atoms with Crippen LogP contribution in [0.5, 0.6) is 5.75 Å². The zero-order valence-corrected chi connectivity index (χ0v) is 14.7. The summed E-state index contributed by atoms with van der Waals surface area (Å²) >= 11 is 1.55. The number of methoxy groups -OCH3 is 1. The van der Waals surface area contributed by atoms with E-state index in [2.05, 4.69) is 5.32 Å². The first kappa shape index (κ1) is 17.9. The number of thioether (sulfide) groups is 1. The Labute approximate surface area is 146 Å². The van der Waals surface area contributed by atoms with Gasteiger partial charge in [-0.1, -0.05) is 18.2 Å². The maximum atomic E-state index is 12.4. The topological polar surface area (TPSA) is 58.6 Å². The van der Waals surface area contributed by atoms with Gasteiger partial charge in [0, 0.05) is 17.5 Å². The molecule has 2 rings (SSSR count). The van der Waals surface area contributed by atoms with Crippen LogP contribution in [-0.2, 0) is 4.79 Å². The number of hydrogen-bond donors (Lipinski definition) is 1. The van der Waals surface area contributed by atoms with Crippen molar-refractivity contribution in [2.75, 3.05) is 32.3 Å². The molecule has 0 heterocycles. The fraction of sp³-hybridized carbons (Fsp3) is 0.222. The summed E-state index contributed by atoms with van der Waals surface area (Å²) in [5, 5.41) is 2.84. The molecule has 0 aromatic heterocycles. The molecule has 2 amide bonds. The highest BCUT2D eigenvalue weighted by molar-refractivity contribution is 7.98. The minimum absolute atomic E-state index is 0.0290. The summed E-state index contributed by atoms with van der Waals surface area (Å²) in [6.07, 6.45) is 1.95. The molecule has 0 aliphatic carbocycles. The Hall–Kier alpha value is -2.47. The summed E-state index contributed by atoms with van der Waals surface area (Å²) in [4.78, 5) is 27.0. The van der Waals surface area contributed by atoms with Gasteiger partial charge in [-0.15, -0.1) is 11.8 Å². The third-order valence-corrected chi connectivity index (χ3v) is 4.22. The van der Waals surface area contributed by atoms with E-state index in [1.165, 1.54) is 4.90 Å². The highest BCUT2D eigenvalue weighted by Crippen LogP contribution is 2.24. The van der Waals surface area contributed by atoms with Gasteiger partial charge in [0.25, 0.3) is 5.91 Å². The smallest absolute Gasteiger partial charge is 0.254 e. The standard InChI is InChI=1S/C18H20N2O3S/c1-20(18(22)13-7-6-8-14(11-13)23-2)12-17(21)19-15-9-4-5-10-16(15)24-3/h4-11H,12H2,1-3H3,(H,19,21). The lowest BCUT2D eigenvalue weighted by atomic mass is 10.2. The van der Waals surface area contributed by atoms with Crippen molar-refractivity contribution in [1.82, 2.24) is 4.90 Å². The summed E-state index contributed by atoms with van der Waals surface area (Å²) in [5.74, 6) is 0.130. The molecule has 0 radical (unpaired) electrons. The average Bonchev–Trinajstić information content (AvgIpc) is 2.61. The van der Waals surface area contributed by atoms with Crippen molar-refractivity contribution in [3.63, 3.8) is 0 Å². The van der Waals surface area contributed by atoms with Crippen LogP contribution < -0.4 is 10.1 Å². The molecule has 0 fully saturated rings. The van der Waals surface area contributed by atoms with Crippen molar-refractivity contribution < 1.29 is 14.3 Å². The fourth-order valence-electron chi connectivity index (χ4n) is 2.20. The quantitative estimate of drug-likeness (QED) is 0.818. The van der Waals surface area contributed by atoms with Gasteiger partial charge in [0.1, 0.15) is 5.75 Å². The number of carbonyl (C=O) groups excluding carboxylic acids is 2. The van der Waals surface area contributed by atoms with Crippen molar-refractivity contribution in [3.05, 3.63) is 54.1 Å². The molecule has 0 saturated heterocycles. The van der Waals surface area contributed by atoms with Gasteiger partial charge in [-0.3, -0.25) is 9.59 Å². The summed E-state index contributed by atoms with van der Waals surface area (Å²) in [7, 11) is 3.14. The van der Waals surface area contributed by atoms with Crippen molar-refractivity contribution >= 4 is 29.3 Å². The lowest BCUT2D eigenvalue weighted by Gasteiger charge is -2.18. The minimum atomic E-state index is -0.241. The Morgan fingerprint density at radius 3 is 2.62 bits per heavy atom. The summed E-state index contributed by atoms with van der Waals surface area (Å²) < 4.78 is 5.12. The van der Waals surface area contributed by atoms with Crippen molar-refractivity contribution in [1.29, 1.82) is 0 Å². The van der Waals surface area contributed by atoms with Gasteiger partial charge in [0.2, 0.25) is 5.91 Å². The largest absolute Gasteiger partial charge is 0.497 e. The SMILES string of the molecule is COc1cccc(C(=O)N(C)CC(=O)Nc2ccccc2SC)c1. The first-order chi connectivity index (χ1) is 11.5. The molecule has 0 saturated carbocycles. The average molecular weight is 344 g/mol. The number of likely N-dealkylation sites (N-methyl/N-ethyl adjacent to an activating group) is 1. The Morgan fingerprint density at radius 1 is 1.17 bits per heavy atom. The second-order valence-electron chi connectivity index (χ2n) is 5.14. The first-order valence-corrected chi connectivity index (χ1v) is 8.60. The van der Waals surface area contributed by atoms with Gasteiger partial charge in [0.05, 0.1) is 19.3 Å². The summed E-state index contributed by atoms with van der Waals surface area (Å²) in [6.45, 7) is -0.0290. The molecule has 5 nitrogen and oxygen atoms in total. The third kappa shape index (κ3) is 4.52. The van der Waals surface area contributed by atoms with E-state index in [-0.39, 0.29) is 18.4 Å². The number of anilines is 1. The van der Waals surface area contributed by atoms with Gasteiger partial charge in [-0.25, -0.2) is 0 Å². The Morgan fingerprint density at radius 2 is 1.92 bits per heavy atom. The Bertz CT molecular complexity index is 734. The number of hydrogen-bond acceptors (Lipinski definition) is 4. The second-order valence-corrected chi connectivity index (χ2v) is 5.99. The van der Waals surface area contributed by atoms with Crippen LogP contribution in [0, 0.1) is 0 Å². The predicted molar refractivity (Wildman–Crippen MR) is 96.8 cm³/mol. The highest BCUT2D eigenvalue weighted by atomic mass is 32.2. The normalized spacial score (nSPS) is 10.1. The molecule has 126 valence electrons. The van der Waals surface area contributed by atoms with Crippen molar-refractivity contribution in [2.24, 2.45) is 0 Å². The van der Waals surface area contributed by atoms with E-state index in [4.69, 9.17) is 4.74 Å². The molecule has 24 heavy (non-hydrogen) atoms. The predicted octanol–water partition coefficient (Wildman–Crippen LogP) is 3.13. The minimum Gasteiger partial charge on any atom is -0.497 e. The number of nitrogens with zero attached hydrogens (tertiary/aromatic N) is 1. The van der Waals surface area contributed by atoms with Crippen LogP contribution in [0.4, 0.5) is 5.69 Å². The zero-order valence-electron chi connectivity index (χ0n) is 13.9. The molecule has 2 aromatic rings. The van der Waals surface area contributed by atoms with E-state index in [0.29, 0.717) is 11.3 Å². The third-order valence-electron chi connectivity index (χ3n) is 3.43. The Kier molecular flexibility index (Phi) is 6.26. The molecular formula is C18H20N2O3S. The molecule has 0 aliphatic heterocycles. The maximum Gasteiger partial charge on any atom is 0.254 e. The van der Waals surface area contributed by atoms with Crippen LogP contribution in [0.1, 0.15) is 10.4 Å². The van der Waals surface area contributed by atoms with E-state index in [9.17, 15) is 9.59 Å². The van der Waals surface area contributed by atoms with E-state index >= 15 is 0 Å². The maximum absolute atomic E-state index is 12.4. The van der Waals surface area contributed by atoms with Crippen LogP contribution in [0.15, 0.2) is 53.4 Å². The van der Waals surface area contributed by atoms with Crippen LogP contribution in [0.2, 0.25) is 0 Å². The van der Waals surface area contributed by atoms with Crippen LogP contribution >= 0.6 is 11.8 Å². The van der Waals surface area contributed by atoms with E-state index in [1.807, 2.05) is 30.5 Å². The lowest BCUT2D eigenvalue weighted by molar-refractivity contribution is -0.116. The zero-order chi connectivity index (χ0) is 17.5. The molecule has 1 N–H and O–H groups in total. The van der Waals surface area contributed by atoms with Crippen LogP contribution in [0.25, 0.3) is 0 Å². The molecular weight excluding hydrogens is 324 g/mol. The van der Waals surface area contributed by atoms with E-state index in [1.54, 1.807) is 50.2 Å². The monoisotopic (exact) mass is 344 g/mol. The number of benzene rings is 2. The molecule has 0 spiro atoms.